The van der Waals surface area contributed by atoms with Crippen LogP contribution in [0.15, 0.2) is 34.9 Å². The number of hydrogen-bond acceptors (Lipinski definition) is 4. The van der Waals surface area contributed by atoms with Gasteiger partial charge in [-0.2, -0.15) is 0 Å². The summed E-state index contributed by atoms with van der Waals surface area (Å²) in [5.41, 5.74) is 1.81. The van der Waals surface area contributed by atoms with Crippen molar-refractivity contribution in [3.05, 3.63) is 41.6 Å². The monoisotopic (exact) mass is 261 g/mol. The van der Waals surface area contributed by atoms with Crippen molar-refractivity contribution in [1.82, 2.24) is 5.16 Å². The minimum atomic E-state index is -1.10. The fourth-order valence-electron chi connectivity index (χ4n) is 1.78. The molecule has 19 heavy (non-hydrogen) atoms. The van der Waals surface area contributed by atoms with Gasteiger partial charge in [0.15, 0.2) is 11.5 Å². The van der Waals surface area contributed by atoms with Crippen molar-refractivity contribution in [2.75, 3.05) is 7.11 Å². The number of carboxylic acid groups (broad SMARTS) is 1. The molecule has 1 unspecified atom stereocenters. The Hall–Kier alpha value is -2.14. The molecule has 0 bridgehead atoms. The molecule has 100 valence electrons. The van der Waals surface area contributed by atoms with Gasteiger partial charge in [0.05, 0.1) is 6.10 Å². The summed E-state index contributed by atoms with van der Waals surface area (Å²) in [5, 5.41) is 12.3. The zero-order chi connectivity index (χ0) is 13.8. The minimum Gasteiger partial charge on any atom is -0.476 e. The van der Waals surface area contributed by atoms with Gasteiger partial charge in [0, 0.05) is 18.7 Å². The summed E-state index contributed by atoms with van der Waals surface area (Å²) in [5.74, 6) is -0.650. The van der Waals surface area contributed by atoms with Crippen LogP contribution < -0.4 is 0 Å². The molecule has 0 amide bonds. The lowest BCUT2D eigenvalue weighted by molar-refractivity contribution is 0.0686. The van der Waals surface area contributed by atoms with Crippen LogP contribution in [-0.4, -0.2) is 29.4 Å². The van der Waals surface area contributed by atoms with Gasteiger partial charge >= 0.3 is 5.97 Å². The first-order valence-electron chi connectivity index (χ1n) is 5.92. The second kappa shape index (κ2) is 5.67. The Bertz CT molecular complexity index is 576. The Morgan fingerprint density at radius 2 is 2.26 bits per heavy atom. The smallest absolute Gasteiger partial charge is 0.358 e. The molecule has 0 radical (unpaired) electrons. The van der Waals surface area contributed by atoms with E-state index in [0.717, 1.165) is 17.5 Å². The standard InChI is InChI=1S/C14H15NO4/c1-9(18-2)6-10-4-3-5-11(7-10)13-8-12(14(16)17)15-19-13/h3-5,7-9H,6H2,1-2H3,(H,16,17). The van der Waals surface area contributed by atoms with Gasteiger partial charge < -0.3 is 14.4 Å². The molecule has 1 aromatic heterocycles. The summed E-state index contributed by atoms with van der Waals surface area (Å²) < 4.78 is 10.3. The number of aromatic nitrogens is 1. The highest BCUT2D eigenvalue weighted by Gasteiger charge is 2.12. The zero-order valence-corrected chi connectivity index (χ0v) is 10.8. The number of aromatic carboxylic acids is 1. The van der Waals surface area contributed by atoms with E-state index in [1.807, 2.05) is 31.2 Å². The average Bonchev–Trinajstić information content (AvgIpc) is 2.88. The van der Waals surface area contributed by atoms with Gasteiger partial charge in [-0.1, -0.05) is 23.4 Å². The number of ether oxygens (including phenoxy) is 1. The van der Waals surface area contributed by atoms with E-state index in [9.17, 15) is 4.79 Å². The SMILES string of the molecule is COC(C)Cc1cccc(-c2cc(C(=O)O)no2)c1. The molecule has 2 aromatic rings. The highest BCUT2D eigenvalue weighted by atomic mass is 16.5. The van der Waals surface area contributed by atoms with Crippen molar-refractivity contribution in [2.24, 2.45) is 0 Å². The molecular formula is C14H15NO4. The third-order valence-corrected chi connectivity index (χ3v) is 2.87. The van der Waals surface area contributed by atoms with Gasteiger partial charge in [0.25, 0.3) is 0 Å². The van der Waals surface area contributed by atoms with Crippen LogP contribution in [0.2, 0.25) is 0 Å². The molecule has 0 aliphatic carbocycles. The molecule has 1 heterocycles. The number of carboxylic acids is 1. The number of rotatable bonds is 5. The Balaban J connectivity index is 2.24. The van der Waals surface area contributed by atoms with Crippen molar-refractivity contribution >= 4 is 5.97 Å². The van der Waals surface area contributed by atoms with E-state index < -0.39 is 5.97 Å². The van der Waals surface area contributed by atoms with Crippen LogP contribution >= 0.6 is 0 Å². The Morgan fingerprint density at radius 1 is 1.47 bits per heavy atom. The van der Waals surface area contributed by atoms with Gasteiger partial charge in [0.1, 0.15) is 0 Å². The molecule has 2 rings (SSSR count). The molecule has 1 atom stereocenters. The largest absolute Gasteiger partial charge is 0.476 e. The van der Waals surface area contributed by atoms with E-state index in [-0.39, 0.29) is 11.8 Å². The molecule has 0 aliphatic rings. The minimum absolute atomic E-state index is 0.0920. The summed E-state index contributed by atoms with van der Waals surface area (Å²) in [6.07, 6.45) is 0.907. The van der Waals surface area contributed by atoms with E-state index in [2.05, 4.69) is 5.16 Å². The average molecular weight is 261 g/mol. The van der Waals surface area contributed by atoms with E-state index in [1.54, 1.807) is 7.11 Å². The molecule has 0 aliphatic heterocycles. The van der Waals surface area contributed by atoms with E-state index in [4.69, 9.17) is 14.4 Å². The van der Waals surface area contributed by atoms with Crippen LogP contribution in [-0.2, 0) is 11.2 Å². The maximum atomic E-state index is 10.8. The molecule has 0 saturated heterocycles. The van der Waals surface area contributed by atoms with Crippen LogP contribution in [0.25, 0.3) is 11.3 Å². The van der Waals surface area contributed by atoms with E-state index >= 15 is 0 Å². The van der Waals surface area contributed by atoms with Crippen molar-refractivity contribution in [3.63, 3.8) is 0 Å². The van der Waals surface area contributed by atoms with Crippen LogP contribution in [0.1, 0.15) is 23.0 Å². The highest BCUT2D eigenvalue weighted by molar-refractivity contribution is 5.86. The second-order valence-electron chi connectivity index (χ2n) is 4.33. The highest BCUT2D eigenvalue weighted by Crippen LogP contribution is 2.22. The Morgan fingerprint density at radius 3 is 2.89 bits per heavy atom. The zero-order valence-electron chi connectivity index (χ0n) is 10.8. The molecule has 0 fully saturated rings. The number of benzene rings is 1. The predicted molar refractivity (Wildman–Crippen MR) is 69.1 cm³/mol. The van der Waals surface area contributed by atoms with Gasteiger partial charge in [-0.15, -0.1) is 0 Å². The molecule has 5 heteroatoms. The van der Waals surface area contributed by atoms with Gasteiger partial charge in [-0.3, -0.25) is 0 Å². The van der Waals surface area contributed by atoms with Crippen molar-refractivity contribution in [3.8, 4) is 11.3 Å². The summed E-state index contributed by atoms with van der Waals surface area (Å²) in [6.45, 7) is 1.99. The summed E-state index contributed by atoms with van der Waals surface area (Å²) in [7, 11) is 1.67. The number of carbonyl (C=O) groups is 1. The fraction of sp³-hybridized carbons (Fsp3) is 0.286. The van der Waals surface area contributed by atoms with Crippen molar-refractivity contribution in [2.45, 2.75) is 19.4 Å². The molecular weight excluding hydrogens is 246 g/mol. The third kappa shape index (κ3) is 3.20. The number of nitrogens with zero attached hydrogens (tertiary/aromatic N) is 1. The van der Waals surface area contributed by atoms with Gasteiger partial charge in [-0.05, 0) is 25.0 Å². The van der Waals surface area contributed by atoms with Gasteiger partial charge in [-0.25, -0.2) is 4.79 Å². The van der Waals surface area contributed by atoms with Crippen LogP contribution in [0.5, 0.6) is 0 Å². The lowest BCUT2D eigenvalue weighted by atomic mass is 10.0. The predicted octanol–water partition coefficient (Wildman–Crippen LogP) is 2.62. The molecule has 1 aromatic carbocycles. The third-order valence-electron chi connectivity index (χ3n) is 2.87. The van der Waals surface area contributed by atoms with Crippen LogP contribution in [0.4, 0.5) is 0 Å². The lowest BCUT2D eigenvalue weighted by Gasteiger charge is -2.09. The lowest BCUT2D eigenvalue weighted by Crippen LogP contribution is -2.08. The number of hydrogen-bond donors (Lipinski definition) is 1. The fourth-order valence-corrected chi connectivity index (χ4v) is 1.78. The Kier molecular flexibility index (Phi) is 3.97. The molecule has 5 nitrogen and oxygen atoms in total. The first kappa shape index (κ1) is 13.3. The van der Waals surface area contributed by atoms with Crippen LogP contribution in [0, 0.1) is 0 Å². The second-order valence-corrected chi connectivity index (χ2v) is 4.33. The quantitative estimate of drug-likeness (QED) is 0.895. The van der Waals surface area contributed by atoms with Crippen molar-refractivity contribution in [1.29, 1.82) is 0 Å². The summed E-state index contributed by atoms with van der Waals surface area (Å²) >= 11 is 0. The summed E-state index contributed by atoms with van der Waals surface area (Å²) in [4.78, 5) is 10.8. The first-order chi connectivity index (χ1) is 9.10. The van der Waals surface area contributed by atoms with Crippen LogP contribution in [0.3, 0.4) is 0 Å². The number of methoxy groups -OCH3 is 1. The molecule has 0 saturated carbocycles. The maximum Gasteiger partial charge on any atom is 0.358 e. The maximum absolute atomic E-state index is 10.8. The Labute approximate surface area is 110 Å². The molecule has 1 N–H and O–H groups in total. The molecule has 0 spiro atoms. The summed E-state index contributed by atoms with van der Waals surface area (Å²) in [6, 6.07) is 9.11. The normalized spacial score (nSPS) is 12.3. The van der Waals surface area contributed by atoms with Gasteiger partial charge in [0.2, 0.25) is 0 Å². The first-order valence-corrected chi connectivity index (χ1v) is 5.92. The topological polar surface area (TPSA) is 72.6 Å². The van der Waals surface area contributed by atoms with E-state index in [0.29, 0.717) is 5.76 Å². The van der Waals surface area contributed by atoms with E-state index in [1.165, 1.54) is 6.07 Å². The van der Waals surface area contributed by atoms with Crippen molar-refractivity contribution < 1.29 is 19.2 Å².